The van der Waals surface area contributed by atoms with Crippen molar-refractivity contribution in [1.82, 2.24) is 9.78 Å². The van der Waals surface area contributed by atoms with Crippen LogP contribution in [0.4, 0.5) is 0 Å². The molecule has 0 N–H and O–H groups in total. The van der Waals surface area contributed by atoms with Crippen LogP contribution in [-0.4, -0.2) is 22.4 Å². The average molecular weight is 358 g/mol. The van der Waals surface area contributed by atoms with Crippen LogP contribution >= 0.6 is 11.6 Å². The van der Waals surface area contributed by atoms with E-state index in [0.29, 0.717) is 24.4 Å². The van der Waals surface area contributed by atoms with Gasteiger partial charge in [0.1, 0.15) is 0 Å². The Morgan fingerprint density at radius 2 is 2.16 bits per heavy atom. The summed E-state index contributed by atoms with van der Waals surface area (Å²) in [6.07, 6.45) is 4.03. The summed E-state index contributed by atoms with van der Waals surface area (Å²) in [5.74, 6) is -0.421. The molecule has 6 heteroatoms. The van der Waals surface area contributed by atoms with E-state index in [1.807, 2.05) is 48.9 Å². The number of carbonyl (C=O) groups excluding carboxylic acids is 1. The van der Waals surface area contributed by atoms with Crippen LogP contribution in [0, 0.1) is 25.2 Å². The molecule has 0 spiro atoms. The van der Waals surface area contributed by atoms with Gasteiger partial charge in [0.25, 0.3) is 0 Å². The average Bonchev–Trinajstić information content (AvgIpc) is 2.85. The minimum Gasteiger partial charge on any atom is -0.462 e. The van der Waals surface area contributed by atoms with E-state index in [0.717, 1.165) is 22.5 Å². The predicted molar refractivity (Wildman–Crippen MR) is 97.1 cm³/mol. The first kappa shape index (κ1) is 18.8. The van der Waals surface area contributed by atoms with Crippen LogP contribution in [0.25, 0.3) is 6.08 Å². The lowest BCUT2D eigenvalue weighted by Gasteiger charge is -2.06. The standard InChI is InChI=1S/C19H20ClN3O2/c1-14-17(9-10-19(24)25-12-6-5-11-21)15(2)23(22-14)13-16-7-3-4-8-18(16)20/h3-4,7-10H,5-6,12-13H2,1-2H3/b10-9+. The maximum Gasteiger partial charge on any atom is 0.330 e. The monoisotopic (exact) mass is 357 g/mol. The zero-order valence-electron chi connectivity index (χ0n) is 14.3. The number of halogens is 1. The minimum absolute atomic E-state index is 0.250. The summed E-state index contributed by atoms with van der Waals surface area (Å²) in [4.78, 5) is 11.7. The van der Waals surface area contributed by atoms with E-state index in [1.54, 1.807) is 6.08 Å². The molecule has 0 aliphatic heterocycles. The highest BCUT2D eigenvalue weighted by atomic mass is 35.5. The van der Waals surface area contributed by atoms with Gasteiger partial charge >= 0.3 is 5.97 Å². The van der Waals surface area contributed by atoms with E-state index in [-0.39, 0.29) is 6.61 Å². The molecule has 2 aromatic rings. The SMILES string of the molecule is Cc1nn(Cc2ccccc2Cl)c(C)c1/C=C/C(=O)OCCCC#N. The fraction of sp³-hybridized carbons (Fsp3) is 0.316. The molecule has 0 fully saturated rings. The summed E-state index contributed by atoms with van der Waals surface area (Å²) < 4.78 is 6.91. The van der Waals surface area contributed by atoms with Crippen LogP contribution in [0.5, 0.6) is 0 Å². The third-order valence-electron chi connectivity index (χ3n) is 3.78. The quantitative estimate of drug-likeness (QED) is 0.425. The third-order valence-corrected chi connectivity index (χ3v) is 4.15. The van der Waals surface area contributed by atoms with Crippen molar-refractivity contribution < 1.29 is 9.53 Å². The number of carbonyl (C=O) groups is 1. The molecule has 0 unspecified atom stereocenters. The fourth-order valence-corrected chi connectivity index (χ4v) is 2.61. The van der Waals surface area contributed by atoms with Crippen molar-refractivity contribution in [3.8, 4) is 6.07 Å². The van der Waals surface area contributed by atoms with Crippen LogP contribution in [0.3, 0.4) is 0 Å². The van der Waals surface area contributed by atoms with Gasteiger partial charge in [-0.05, 0) is 38.0 Å². The fourth-order valence-electron chi connectivity index (χ4n) is 2.42. The topological polar surface area (TPSA) is 67.9 Å². The van der Waals surface area contributed by atoms with Crippen molar-refractivity contribution >= 4 is 23.6 Å². The molecule has 0 aliphatic carbocycles. The maximum atomic E-state index is 11.7. The second-order valence-electron chi connectivity index (χ2n) is 5.60. The highest BCUT2D eigenvalue weighted by Gasteiger charge is 2.11. The summed E-state index contributed by atoms with van der Waals surface area (Å²) in [6, 6.07) is 9.66. The molecular formula is C19H20ClN3O2. The Kier molecular flexibility index (Phi) is 6.79. The van der Waals surface area contributed by atoms with Gasteiger partial charge in [-0.15, -0.1) is 0 Å². The third kappa shape index (κ3) is 5.20. The Morgan fingerprint density at radius 1 is 1.40 bits per heavy atom. The molecule has 1 aromatic heterocycles. The number of esters is 1. The molecule has 0 amide bonds. The number of benzene rings is 1. The molecular weight excluding hydrogens is 338 g/mol. The van der Waals surface area contributed by atoms with E-state index < -0.39 is 5.97 Å². The van der Waals surface area contributed by atoms with E-state index in [4.69, 9.17) is 21.6 Å². The first-order valence-electron chi connectivity index (χ1n) is 8.02. The van der Waals surface area contributed by atoms with Gasteiger partial charge in [0.2, 0.25) is 0 Å². The summed E-state index contributed by atoms with van der Waals surface area (Å²) in [6.45, 7) is 4.67. The van der Waals surface area contributed by atoms with Crippen molar-refractivity contribution in [3.05, 3.63) is 57.9 Å². The van der Waals surface area contributed by atoms with Gasteiger partial charge in [-0.3, -0.25) is 4.68 Å². The molecule has 0 bridgehead atoms. The molecule has 1 heterocycles. The molecule has 25 heavy (non-hydrogen) atoms. The predicted octanol–water partition coefficient (Wildman–Crippen LogP) is 4.06. The van der Waals surface area contributed by atoms with E-state index in [9.17, 15) is 4.79 Å². The number of aryl methyl sites for hydroxylation is 1. The van der Waals surface area contributed by atoms with Gasteiger partial charge in [0.05, 0.1) is 24.9 Å². The van der Waals surface area contributed by atoms with Gasteiger partial charge in [0, 0.05) is 28.8 Å². The van der Waals surface area contributed by atoms with Gasteiger partial charge in [0.15, 0.2) is 0 Å². The molecule has 0 aliphatic rings. The van der Waals surface area contributed by atoms with Crippen LogP contribution in [0.15, 0.2) is 30.3 Å². The molecule has 2 rings (SSSR count). The van der Waals surface area contributed by atoms with Gasteiger partial charge in [-0.2, -0.15) is 10.4 Å². The first-order valence-corrected chi connectivity index (χ1v) is 8.40. The number of hydrogen-bond acceptors (Lipinski definition) is 4. The normalized spacial score (nSPS) is 10.8. The minimum atomic E-state index is -0.421. The molecule has 0 radical (unpaired) electrons. The largest absolute Gasteiger partial charge is 0.462 e. The van der Waals surface area contributed by atoms with Crippen LogP contribution < -0.4 is 0 Å². The van der Waals surface area contributed by atoms with Crippen molar-refractivity contribution in [1.29, 1.82) is 5.26 Å². The molecule has 5 nitrogen and oxygen atoms in total. The summed E-state index contributed by atoms with van der Waals surface area (Å²) in [7, 11) is 0. The molecule has 0 saturated heterocycles. The van der Waals surface area contributed by atoms with Crippen LogP contribution in [-0.2, 0) is 16.1 Å². The number of hydrogen-bond donors (Lipinski definition) is 0. The number of nitriles is 1. The number of unbranched alkanes of at least 4 members (excludes halogenated alkanes) is 1. The zero-order valence-corrected chi connectivity index (χ0v) is 15.1. The van der Waals surface area contributed by atoms with Crippen LogP contribution in [0.2, 0.25) is 5.02 Å². The summed E-state index contributed by atoms with van der Waals surface area (Å²) in [5.41, 5.74) is 3.66. The Hall–Kier alpha value is -2.58. The van der Waals surface area contributed by atoms with E-state index >= 15 is 0 Å². The van der Waals surface area contributed by atoms with Gasteiger partial charge in [-0.25, -0.2) is 4.79 Å². The lowest BCUT2D eigenvalue weighted by molar-refractivity contribution is -0.137. The molecule has 130 valence electrons. The Labute approximate surface area is 152 Å². The number of ether oxygens (including phenoxy) is 1. The number of nitrogens with zero attached hydrogens (tertiary/aromatic N) is 3. The molecule has 1 aromatic carbocycles. The van der Waals surface area contributed by atoms with Crippen molar-refractivity contribution in [2.75, 3.05) is 6.61 Å². The Bertz CT molecular complexity index is 819. The second kappa shape index (κ2) is 9.05. The van der Waals surface area contributed by atoms with Gasteiger partial charge < -0.3 is 4.74 Å². The smallest absolute Gasteiger partial charge is 0.330 e. The molecule has 0 saturated carbocycles. The van der Waals surface area contributed by atoms with Crippen molar-refractivity contribution in [3.63, 3.8) is 0 Å². The first-order chi connectivity index (χ1) is 12.0. The summed E-state index contributed by atoms with van der Waals surface area (Å²) >= 11 is 6.21. The van der Waals surface area contributed by atoms with Crippen molar-refractivity contribution in [2.24, 2.45) is 0 Å². The number of rotatable bonds is 7. The van der Waals surface area contributed by atoms with Gasteiger partial charge in [-0.1, -0.05) is 29.8 Å². The highest BCUT2D eigenvalue weighted by Crippen LogP contribution is 2.20. The number of aromatic nitrogens is 2. The van der Waals surface area contributed by atoms with Crippen molar-refractivity contribution in [2.45, 2.75) is 33.2 Å². The summed E-state index contributed by atoms with van der Waals surface area (Å²) in [5, 5.41) is 13.7. The zero-order chi connectivity index (χ0) is 18.2. The molecule has 0 atom stereocenters. The second-order valence-corrected chi connectivity index (χ2v) is 6.00. The lowest BCUT2D eigenvalue weighted by Crippen LogP contribution is -2.04. The Morgan fingerprint density at radius 3 is 2.88 bits per heavy atom. The van der Waals surface area contributed by atoms with E-state index in [2.05, 4.69) is 5.10 Å². The lowest BCUT2D eigenvalue weighted by atomic mass is 10.1. The Balaban J connectivity index is 2.06. The van der Waals surface area contributed by atoms with Crippen LogP contribution in [0.1, 0.15) is 35.4 Å². The van der Waals surface area contributed by atoms with E-state index in [1.165, 1.54) is 6.08 Å². The highest BCUT2D eigenvalue weighted by molar-refractivity contribution is 6.31. The maximum absolute atomic E-state index is 11.7.